The fourth-order valence-corrected chi connectivity index (χ4v) is 1.99. The molecule has 0 fully saturated rings. The highest BCUT2D eigenvalue weighted by Crippen LogP contribution is 2.18. The molecule has 15 heavy (non-hydrogen) atoms. The predicted molar refractivity (Wildman–Crippen MR) is 60.7 cm³/mol. The largest absolute Gasteiger partial charge is 0.394 e. The molecule has 1 aliphatic heterocycles. The van der Waals surface area contributed by atoms with Crippen LogP contribution < -0.4 is 11.3 Å². The van der Waals surface area contributed by atoms with E-state index in [2.05, 4.69) is 23.7 Å². The average molecular weight is 207 g/mol. The summed E-state index contributed by atoms with van der Waals surface area (Å²) in [5.41, 5.74) is 7.97. The van der Waals surface area contributed by atoms with Crippen LogP contribution in [0, 0.1) is 0 Å². The first-order valence-corrected chi connectivity index (χ1v) is 5.32. The van der Waals surface area contributed by atoms with Crippen LogP contribution >= 0.6 is 0 Å². The second-order valence-corrected chi connectivity index (χ2v) is 4.37. The van der Waals surface area contributed by atoms with Gasteiger partial charge in [-0.25, -0.2) is 0 Å². The Balaban J connectivity index is 2.34. The third kappa shape index (κ3) is 1.90. The number of nitrogen functional groups attached to an aromatic ring is 1. The smallest absolute Gasteiger partial charge is 0.271 e. The fraction of sp³-hybridized carbons (Fsp3) is 0.545. The zero-order chi connectivity index (χ0) is 11.0. The Morgan fingerprint density at radius 1 is 1.53 bits per heavy atom. The van der Waals surface area contributed by atoms with Gasteiger partial charge in [0.15, 0.2) is 0 Å². The molecule has 0 saturated carbocycles. The summed E-state index contributed by atoms with van der Waals surface area (Å²) in [6.45, 7) is 6.25. The number of nitrogens with zero attached hydrogens (tertiary/aromatic N) is 1. The van der Waals surface area contributed by atoms with Crippen molar-refractivity contribution in [2.75, 3.05) is 12.3 Å². The van der Waals surface area contributed by atoms with Crippen molar-refractivity contribution in [2.24, 2.45) is 0 Å². The van der Waals surface area contributed by atoms with Crippen molar-refractivity contribution in [1.29, 1.82) is 0 Å². The van der Waals surface area contributed by atoms with E-state index in [9.17, 15) is 4.79 Å². The van der Waals surface area contributed by atoms with Gasteiger partial charge in [-0.1, -0.05) is 0 Å². The molecule has 2 rings (SSSR count). The van der Waals surface area contributed by atoms with Crippen LogP contribution in [0.5, 0.6) is 0 Å². The number of hydrogen-bond acceptors (Lipinski definition) is 3. The minimum Gasteiger partial charge on any atom is -0.394 e. The standard InChI is InChI=1S/C11H17N3O/c1-7(2)14-4-3-10-8(6-14)5-9(12)11(15)13-10/h5,7H,3-4,6,12H2,1-2H3,(H,13,15). The molecule has 2 heterocycles. The van der Waals surface area contributed by atoms with E-state index in [0.717, 1.165) is 30.8 Å². The molecule has 0 unspecified atom stereocenters. The number of aromatic amines is 1. The van der Waals surface area contributed by atoms with Crippen LogP contribution in [0.15, 0.2) is 10.9 Å². The highest BCUT2D eigenvalue weighted by Gasteiger charge is 2.19. The van der Waals surface area contributed by atoms with E-state index >= 15 is 0 Å². The first-order valence-electron chi connectivity index (χ1n) is 5.32. The van der Waals surface area contributed by atoms with Crippen LogP contribution in [-0.4, -0.2) is 22.5 Å². The average Bonchev–Trinajstić information content (AvgIpc) is 2.19. The number of nitrogens with one attached hydrogen (secondary N) is 1. The first-order chi connectivity index (χ1) is 7.08. The van der Waals surface area contributed by atoms with E-state index in [1.54, 1.807) is 0 Å². The molecule has 0 atom stereocenters. The molecule has 0 spiro atoms. The molecular formula is C11H17N3O. The van der Waals surface area contributed by atoms with Gasteiger partial charge in [0, 0.05) is 31.2 Å². The third-order valence-electron chi connectivity index (χ3n) is 3.00. The maximum absolute atomic E-state index is 11.3. The zero-order valence-electron chi connectivity index (χ0n) is 9.21. The molecule has 0 amide bonds. The first kappa shape index (κ1) is 10.2. The van der Waals surface area contributed by atoms with Gasteiger partial charge in [0.05, 0.1) is 5.69 Å². The minimum atomic E-state index is -0.160. The number of anilines is 1. The highest BCUT2D eigenvalue weighted by atomic mass is 16.1. The van der Waals surface area contributed by atoms with E-state index < -0.39 is 0 Å². The quantitative estimate of drug-likeness (QED) is 0.713. The maximum Gasteiger partial charge on any atom is 0.271 e. The summed E-state index contributed by atoms with van der Waals surface area (Å²) in [4.78, 5) is 16.5. The van der Waals surface area contributed by atoms with Crippen LogP contribution in [0.1, 0.15) is 25.1 Å². The van der Waals surface area contributed by atoms with Crippen molar-refractivity contribution in [2.45, 2.75) is 32.9 Å². The summed E-state index contributed by atoms with van der Waals surface area (Å²) in [6, 6.07) is 2.34. The van der Waals surface area contributed by atoms with Gasteiger partial charge < -0.3 is 10.7 Å². The summed E-state index contributed by atoms with van der Waals surface area (Å²) in [6.07, 6.45) is 0.906. The highest BCUT2D eigenvalue weighted by molar-refractivity contribution is 5.40. The van der Waals surface area contributed by atoms with E-state index in [1.165, 1.54) is 0 Å². The molecule has 1 aliphatic rings. The molecule has 0 bridgehead atoms. The number of nitrogens with two attached hydrogens (primary N) is 1. The van der Waals surface area contributed by atoms with Crippen molar-refractivity contribution in [3.8, 4) is 0 Å². The summed E-state index contributed by atoms with van der Waals surface area (Å²) < 4.78 is 0. The van der Waals surface area contributed by atoms with Crippen LogP contribution in [0.3, 0.4) is 0 Å². The number of rotatable bonds is 1. The fourth-order valence-electron chi connectivity index (χ4n) is 1.99. The van der Waals surface area contributed by atoms with E-state index in [0.29, 0.717) is 11.7 Å². The monoisotopic (exact) mass is 207 g/mol. The lowest BCUT2D eigenvalue weighted by atomic mass is 10.0. The molecule has 0 aliphatic carbocycles. The maximum atomic E-state index is 11.3. The Labute approximate surface area is 89.1 Å². The van der Waals surface area contributed by atoms with E-state index in [-0.39, 0.29) is 5.56 Å². The molecule has 1 aromatic heterocycles. The number of fused-ring (bicyclic) bond motifs is 1. The molecule has 1 aromatic rings. The Bertz CT molecular complexity index is 422. The lowest BCUT2D eigenvalue weighted by Crippen LogP contribution is -2.37. The summed E-state index contributed by atoms with van der Waals surface area (Å²) in [5.74, 6) is 0. The zero-order valence-corrected chi connectivity index (χ0v) is 9.21. The lowest BCUT2D eigenvalue weighted by Gasteiger charge is -2.31. The van der Waals surface area contributed by atoms with Gasteiger partial charge in [-0.2, -0.15) is 0 Å². The Kier molecular flexibility index (Phi) is 2.52. The SMILES string of the molecule is CC(C)N1CCc2[nH]c(=O)c(N)cc2C1. The minimum absolute atomic E-state index is 0.160. The van der Waals surface area contributed by atoms with Gasteiger partial charge in [-0.15, -0.1) is 0 Å². The van der Waals surface area contributed by atoms with Crippen molar-refractivity contribution >= 4 is 5.69 Å². The van der Waals surface area contributed by atoms with Crippen LogP contribution in [0.2, 0.25) is 0 Å². The van der Waals surface area contributed by atoms with Crippen LogP contribution in [-0.2, 0) is 13.0 Å². The Morgan fingerprint density at radius 3 is 2.93 bits per heavy atom. The Hall–Kier alpha value is -1.29. The molecule has 0 aromatic carbocycles. The molecule has 0 radical (unpaired) electrons. The molecule has 82 valence electrons. The van der Waals surface area contributed by atoms with Gasteiger partial charge in [0.1, 0.15) is 0 Å². The number of pyridine rings is 1. The van der Waals surface area contributed by atoms with Crippen molar-refractivity contribution in [3.05, 3.63) is 27.7 Å². The van der Waals surface area contributed by atoms with Gasteiger partial charge in [0.25, 0.3) is 5.56 Å². The molecular weight excluding hydrogens is 190 g/mol. The van der Waals surface area contributed by atoms with E-state index in [1.807, 2.05) is 6.07 Å². The second-order valence-electron chi connectivity index (χ2n) is 4.37. The molecule has 4 heteroatoms. The van der Waals surface area contributed by atoms with Crippen molar-refractivity contribution < 1.29 is 0 Å². The van der Waals surface area contributed by atoms with Crippen molar-refractivity contribution in [1.82, 2.24) is 9.88 Å². The summed E-state index contributed by atoms with van der Waals surface area (Å²) in [5, 5.41) is 0. The number of aromatic nitrogens is 1. The van der Waals surface area contributed by atoms with Gasteiger partial charge in [-0.3, -0.25) is 9.69 Å². The number of H-pyrrole nitrogens is 1. The third-order valence-corrected chi connectivity index (χ3v) is 3.00. The normalized spacial score (nSPS) is 16.7. The van der Waals surface area contributed by atoms with E-state index in [4.69, 9.17) is 5.73 Å². The van der Waals surface area contributed by atoms with Crippen LogP contribution in [0.4, 0.5) is 5.69 Å². The molecule has 0 saturated heterocycles. The summed E-state index contributed by atoms with van der Waals surface area (Å²) in [7, 11) is 0. The number of hydrogen-bond donors (Lipinski definition) is 2. The lowest BCUT2D eigenvalue weighted by molar-refractivity contribution is 0.201. The summed E-state index contributed by atoms with van der Waals surface area (Å²) >= 11 is 0. The van der Waals surface area contributed by atoms with Crippen LogP contribution in [0.25, 0.3) is 0 Å². The topological polar surface area (TPSA) is 62.1 Å². The van der Waals surface area contributed by atoms with Crippen molar-refractivity contribution in [3.63, 3.8) is 0 Å². The Morgan fingerprint density at radius 2 is 2.27 bits per heavy atom. The molecule has 3 N–H and O–H groups in total. The molecule has 4 nitrogen and oxygen atoms in total. The van der Waals surface area contributed by atoms with Gasteiger partial charge >= 0.3 is 0 Å². The van der Waals surface area contributed by atoms with Gasteiger partial charge in [-0.05, 0) is 25.5 Å². The van der Waals surface area contributed by atoms with Gasteiger partial charge in [0.2, 0.25) is 0 Å². The second kappa shape index (κ2) is 3.70. The predicted octanol–water partition coefficient (Wildman–Crippen LogP) is 0.724.